The topological polar surface area (TPSA) is 108 Å². The molecule has 0 bridgehead atoms. The van der Waals surface area contributed by atoms with Crippen LogP contribution < -0.4 is 11.1 Å². The van der Waals surface area contributed by atoms with Crippen molar-refractivity contribution in [2.24, 2.45) is 11.7 Å². The van der Waals surface area contributed by atoms with Gasteiger partial charge in [-0.2, -0.15) is 13.2 Å². The summed E-state index contributed by atoms with van der Waals surface area (Å²) in [4.78, 5) is 35.1. The Hall–Kier alpha value is -1.84. The zero-order chi connectivity index (χ0) is 22.6. The molecule has 1 rings (SSSR count). The maximum atomic E-state index is 12.2. The Balaban J connectivity index is 2.38. The number of ether oxygens (including phenoxy) is 2. The number of alkyl halides is 3. The van der Waals surface area contributed by atoms with Gasteiger partial charge in [0.1, 0.15) is 6.04 Å². The number of hydrogen-bond acceptors (Lipinski definition) is 6. The van der Waals surface area contributed by atoms with Crippen LogP contribution in [0.1, 0.15) is 71.1 Å². The van der Waals surface area contributed by atoms with Gasteiger partial charge in [-0.15, -0.1) is 0 Å². The Morgan fingerprint density at radius 2 is 1.73 bits per heavy atom. The van der Waals surface area contributed by atoms with Gasteiger partial charge < -0.3 is 20.5 Å². The molecule has 1 aliphatic carbocycles. The zero-order valence-corrected chi connectivity index (χ0v) is 17.5. The van der Waals surface area contributed by atoms with Crippen molar-refractivity contribution in [3.8, 4) is 0 Å². The number of nitrogens with one attached hydrogen (secondary N) is 1. The van der Waals surface area contributed by atoms with Crippen LogP contribution in [0.4, 0.5) is 13.2 Å². The summed E-state index contributed by atoms with van der Waals surface area (Å²) in [5.74, 6) is -2.82. The van der Waals surface area contributed by atoms with Crippen LogP contribution in [0.2, 0.25) is 0 Å². The number of nitrogens with two attached hydrogens (primary N) is 1. The summed E-state index contributed by atoms with van der Waals surface area (Å²) in [5, 5.41) is 1.75. The van der Waals surface area contributed by atoms with Crippen LogP contribution in [0, 0.1) is 5.92 Å². The molecule has 1 unspecified atom stereocenters. The van der Waals surface area contributed by atoms with Gasteiger partial charge in [-0.05, 0) is 44.9 Å². The van der Waals surface area contributed by atoms with Crippen LogP contribution in [0.15, 0.2) is 0 Å². The van der Waals surface area contributed by atoms with Gasteiger partial charge in [0.15, 0.2) is 6.10 Å². The number of hydrogen-bond donors (Lipinski definition) is 2. The lowest BCUT2D eigenvalue weighted by molar-refractivity contribution is -0.173. The summed E-state index contributed by atoms with van der Waals surface area (Å²) in [6.07, 6.45) is 1.72. The van der Waals surface area contributed by atoms with Crippen LogP contribution >= 0.6 is 0 Å². The van der Waals surface area contributed by atoms with Gasteiger partial charge >= 0.3 is 24.0 Å². The predicted molar refractivity (Wildman–Crippen MR) is 103 cm³/mol. The van der Waals surface area contributed by atoms with Crippen molar-refractivity contribution in [1.82, 2.24) is 5.32 Å². The van der Waals surface area contributed by atoms with E-state index >= 15 is 0 Å². The lowest BCUT2D eigenvalue weighted by Gasteiger charge is -2.24. The third kappa shape index (κ3) is 10.3. The maximum absolute atomic E-state index is 12.2. The molecule has 1 amide bonds. The molecule has 2 atom stereocenters. The molecule has 10 heteroatoms. The molecule has 3 N–H and O–H groups in total. The number of carbonyl (C=O) groups is 3. The number of halogens is 3. The molecule has 0 heterocycles. The summed E-state index contributed by atoms with van der Waals surface area (Å²) >= 11 is 0. The third-order valence-electron chi connectivity index (χ3n) is 5.16. The van der Waals surface area contributed by atoms with Crippen molar-refractivity contribution < 1.29 is 37.0 Å². The lowest BCUT2D eigenvalue weighted by atomic mass is 9.85. The van der Waals surface area contributed by atoms with Gasteiger partial charge in [0, 0.05) is 6.54 Å². The molecule has 0 aromatic rings. The first-order valence-corrected chi connectivity index (χ1v) is 10.6. The van der Waals surface area contributed by atoms with E-state index in [9.17, 15) is 27.6 Å². The molecule has 30 heavy (non-hydrogen) atoms. The molecule has 1 fully saturated rings. The Morgan fingerprint density at radius 1 is 1.07 bits per heavy atom. The smallest absolute Gasteiger partial charge is 0.463 e. The fraction of sp³-hybridized carbons (Fsp3) is 0.850. The quantitative estimate of drug-likeness (QED) is 0.358. The largest absolute Gasteiger partial charge is 0.471 e. The van der Waals surface area contributed by atoms with E-state index in [0.29, 0.717) is 18.8 Å². The van der Waals surface area contributed by atoms with Crippen molar-refractivity contribution in [3.05, 3.63) is 0 Å². The summed E-state index contributed by atoms with van der Waals surface area (Å²) in [5.41, 5.74) is 5.80. The van der Waals surface area contributed by atoms with E-state index in [0.717, 1.165) is 19.3 Å². The van der Waals surface area contributed by atoms with Gasteiger partial charge in [0.05, 0.1) is 6.61 Å². The predicted octanol–water partition coefficient (Wildman–Crippen LogP) is 3.00. The first-order valence-electron chi connectivity index (χ1n) is 10.6. The minimum Gasteiger partial charge on any atom is -0.463 e. The average molecular weight is 438 g/mol. The molecule has 0 radical (unpaired) electrons. The van der Waals surface area contributed by atoms with Crippen molar-refractivity contribution >= 4 is 17.8 Å². The van der Waals surface area contributed by atoms with E-state index in [-0.39, 0.29) is 26.0 Å². The first kappa shape index (κ1) is 26.2. The molecule has 174 valence electrons. The van der Waals surface area contributed by atoms with Crippen LogP contribution in [-0.2, 0) is 23.9 Å². The standard InChI is InChI=1S/C20H33F3N2O5/c1-2-29-18(27)16(12-11-14-8-4-3-5-9-14)30-17(26)15(24)10-6-7-13-25-19(28)20(21,22)23/h14-16H,2-13,24H2,1H3,(H,25,28)/t15-,16?/m0/s1. The van der Waals surface area contributed by atoms with Gasteiger partial charge in [0.2, 0.25) is 0 Å². The Bertz CT molecular complexity index is 551. The SMILES string of the molecule is CCOC(=O)C(CCC1CCCCC1)OC(=O)[C@@H](N)CCCCNC(=O)C(F)(F)F. The fourth-order valence-electron chi connectivity index (χ4n) is 3.46. The van der Waals surface area contributed by atoms with E-state index in [1.165, 1.54) is 19.3 Å². The van der Waals surface area contributed by atoms with Crippen LogP contribution in [0.3, 0.4) is 0 Å². The van der Waals surface area contributed by atoms with Crippen LogP contribution in [0.5, 0.6) is 0 Å². The molecule has 1 aliphatic rings. The fourth-order valence-corrected chi connectivity index (χ4v) is 3.46. The van der Waals surface area contributed by atoms with E-state index < -0.39 is 36.2 Å². The Kier molecular flexibility index (Phi) is 11.8. The average Bonchev–Trinajstić information content (AvgIpc) is 2.70. The second-order valence-corrected chi connectivity index (χ2v) is 7.61. The molecule has 0 spiro atoms. The van der Waals surface area contributed by atoms with Crippen LogP contribution in [0.25, 0.3) is 0 Å². The highest BCUT2D eigenvalue weighted by atomic mass is 19.4. The second-order valence-electron chi connectivity index (χ2n) is 7.61. The summed E-state index contributed by atoms with van der Waals surface area (Å²) in [7, 11) is 0. The minimum atomic E-state index is -4.92. The zero-order valence-electron chi connectivity index (χ0n) is 17.5. The third-order valence-corrected chi connectivity index (χ3v) is 5.16. The molecular formula is C20H33F3N2O5. The molecule has 0 aromatic heterocycles. The van der Waals surface area contributed by atoms with Gasteiger partial charge in [-0.1, -0.05) is 32.1 Å². The highest BCUT2D eigenvalue weighted by Crippen LogP contribution is 2.28. The molecule has 1 saturated carbocycles. The van der Waals surface area contributed by atoms with E-state index in [4.69, 9.17) is 15.2 Å². The summed E-state index contributed by atoms with van der Waals surface area (Å²) in [6, 6.07) is -1.00. The van der Waals surface area contributed by atoms with Gasteiger partial charge in [0.25, 0.3) is 0 Å². The number of rotatable bonds is 12. The number of carbonyl (C=O) groups excluding carboxylic acids is 3. The van der Waals surface area contributed by atoms with E-state index in [1.807, 2.05) is 0 Å². The van der Waals surface area contributed by atoms with Crippen LogP contribution in [-0.4, -0.2) is 49.3 Å². The first-order chi connectivity index (χ1) is 14.1. The number of amides is 1. The second kappa shape index (κ2) is 13.5. The van der Waals surface area contributed by atoms with Crippen molar-refractivity contribution in [2.45, 2.75) is 89.5 Å². The number of unbranched alkanes of at least 4 members (excludes halogenated alkanes) is 1. The minimum absolute atomic E-state index is 0.166. The summed E-state index contributed by atoms with van der Waals surface area (Å²) in [6.45, 7) is 1.67. The lowest BCUT2D eigenvalue weighted by Crippen LogP contribution is -2.39. The highest BCUT2D eigenvalue weighted by molar-refractivity contribution is 5.82. The van der Waals surface area contributed by atoms with E-state index in [1.54, 1.807) is 12.2 Å². The Morgan fingerprint density at radius 3 is 2.33 bits per heavy atom. The van der Waals surface area contributed by atoms with Crippen molar-refractivity contribution in [2.75, 3.05) is 13.2 Å². The van der Waals surface area contributed by atoms with Gasteiger partial charge in [-0.3, -0.25) is 9.59 Å². The molecular weight excluding hydrogens is 405 g/mol. The highest BCUT2D eigenvalue weighted by Gasteiger charge is 2.38. The molecule has 0 saturated heterocycles. The maximum Gasteiger partial charge on any atom is 0.471 e. The van der Waals surface area contributed by atoms with Gasteiger partial charge in [-0.25, -0.2) is 4.79 Å². The summed E-state index contributed by atoms with van der Waals surface area (Å²) < 4.78 is 46.6. The normalized spacial score (nSPS) is 17.1. The van der Waals surface area contributed by atoms with Crippen molar-refractivity contribution in [3.63, 3.8) is 0 Å². The monoisotopic (exact) mass is 438 g/mol. The molecule has 0 aromatic carbocycles. The number of esters is 2. The Labute approximate surface area is 175 Å². The van der Waals surface area contributed by atoms with E-state index in [2.05, 4.69) is 0 Å². The van der Waals surface area contributed by atoms with Crippen molar-refractivity contribution in [1.29, 1.82) is 0 Å². The molecule has 7 nitrogen and oxygen atoms in total. The molecule has 0 aliphatic heterocycles.